The summed E-state index contributed by atoms with van der Waals surface area (Å²) < 4.78 is 92.0. The fraction of sp³-hybridized carbons (Fsp3) is 0.379. The SMILES string of the molecule is C.CC(=O)c1nnn(-c2ccc(C(F)(F)F)cc2F)c1C.CCSc1cc(C(F)(F)F)ccc1-n1nnc(C(C)=O)c1C.CC[S-].[Na+]. The zero-order valence-corrected chi connectivity index (χ0v) is 29.5. The Hall–Kier alpha value is -2.73. The minimum absolute atomic E-state index is 0. The number of thioether (sulfide) groups is 1. The molecule has 2 aromatic carbocycles. The van der Waals surface area contributed by atoms with Gasteiger partial charge in [0.05, 0.1) is 28.2 Å². The molecule has 0 bridgehead atoms. The van der Waals surface area contributed by atoms with Crippen molar-refractivity contribution in [2.75, 3.05) is 11.5 Å². The van der Waals surface area contributed by atoms with Crippen molar-refractivity contribution < 1.29 is 69.9 Å². The first kappa shape index (κ1) is 44.3. The van der Waals surface area contributed by atoms with Crippen LogP contribution in [0.15, 0.2) is 41.3 Å². The number of ketones is 2. The molecule has 0 spiro atoms. The van der Waals surface area contributed by atoms with Crippen LogP contribution < -0.4 is 29.6 Å². The molecule has 2 heterocycles. The third kappa shape index (κ3) is 11.4. The average Bonchev–Trinajstić information content (AvgIpc) is 3.51. The Labute approximate surface area is 299 Å². The van der Waals surface area contributed by atoms with Crippen LogP contribution >= 0.6 is 11.8 Å². The van der Waals surface area contributed by atoms with Gasteiger partial charge in [-0.15, -0.1) is 22.0 Å². The second-order valence-electron chi connectivity index (χ2n) is 9.05. The Morgan fingerprint density at radius 1 is 0.787 bits per heavy atom. The Morgan fingerprint density at radius 3 is 1.51 bits per heavy atom. The van der Waals surface area contributed by atoms with Crippen LogP contribution in [0.3, 0.4) is 0 Å². The van der Waals surface area contributed by atoms with Gasteiger partial charge < -0.3 is 12.6 Å². The van der Waals surface area contributed by atoms with Crippen LogP contribution in [0.4, 0.5) is 30.7 Å². The molecular formula is C29H32F7N6NaO2S2. The monoisotopic (exact) mass is 716 g/mol. The number of hydrogen-bond acceptors (Lipinski definition) is 8. The molecule has 0 fully saturated rings. The van der Waals surface area contributed by atoms with E-state index in [1.54, 1.807) is 6.92 Å². The maximum absolute atomic E-state index is 13.8. The predicted molar refractivity (Wildman–Crippen MR) is 163 cm³/mol. The molecule has 0 aliphatic carbocycles. The minimum Gasteiger partial charge on any atom is -0.793 e. The van der Waals surface area contributed by atoms with Crippen LogP contribution in [0.2, 0.25) is 0 Å². The number of benzene rings is 2. The zero-order chi connectivity index (χ0) is 34.3. The molecule has 8 nitrogen and oxygen atoms in total. The second-order valence-corrected chi connectivity index (χ2v) is 10.9. The largest absolute Gasteiger partial charge is 1.00 e. The topological polar surface area (TPSA) is 95.6 Å². The van der Waals surface area contributed by atoms with Crippen molar-refractivity contribution in [3.05, 3.63) is 76.1 Å². The summed E-state index contributed by atoms with van der Waals surface area (Å²) in [6, 6.07) is 5.52. The van der Waals surface area contributed by atoms with Crippen molar-refractivity contribution >= 4 is 36.0 Å². The molecule has 18 heteroatoms. The molecule has 0 saturated heterocycles. The molecule has 0 aliphatic heterocycles. The van der Waals surface area contributed by atoms with Gasteiger partial charge in [0.15, 0.2) is 23.0 Å². The molecule has 2 aromatic heterocycles. The van der Waals surface area contributed by atoms with Crippen LogP contribution in [0.5, 0.6) is 0 Å². The van der Waals surface area contributed by atoms with Crippen LogP contribution in [0.25, 0.3) is 11.4 Å². The molecule has 0 N–H and O–H groups in total. The van der Waals surface area contributed by atoms with E-state index in [9.17, 15) is 40.3 Å². The van der Waals surface area contributed by atoms with E-state index in [0.29, 0.717) is 28.1 Å². The van der Waals surface area contributed by atoms with Crippen LogP contribution in [-0.4, -0.2) is 53.1 Å². The molecule has 0 unspecified atom stereocenters. The summed E-state index contributed by atoms with van der Waals surface area (Å²) in [4.78, 5) is 23.1. The molecule has 252 valence electrons. The summed E-state index contributed by atoms with van der Waals surface area (Å²) in [7, 11) is 0. The fourth-order valence-corrected chi connectivity index (χ4v) is 4.58. The predicted octanol–water partition coefficient (Wildman–Crippen LogP) is 5.04. The number of hydrogen-bond donors (Lipinski definition) is 0. The van der Waals surface area contributed by atoms with Crippen molar-refractivity contribution in [1.29, 1.82) is 0 Å². The molecular weight excluding hydrogens is 684 g/mol. The van der Waals surface area contributed by atoms with E-state index in [1.807, 2.05) is 13.8 Å². The van der Waals surface area contributed by atoms with E-state index in [4.69, 9.17) is 0 Å². The Kier molecular flexibility index (Phi) is 17.6. The second kappa shape index (κ2) is 18.7. The Bertz CT molecular complexity index is 1660. The quantitative estimate of drug-likeness (QED) is 0.0902. The maximum atomic E-state index is 13.8. The summed E-state index contributed by atoms with van der Waals surface area (Å²) in [5.41, 5.74) is -0.495. The number of Topliss-reactive ketones (excluding diaryl/α,β-unsaturated/α-hetero) is 2. The first-order chi connectivity index (χ1) is 20.9. The maximum Gasteiger partial charge on any atom is 1.00 e. The average molecular weight is 717 g/mol. The molecule has 0 radical (unpaired) electrons. The van der Waals surface area contributed by atoms with E-state index < -0.39 is 29.3 Å². The molecule has 4 rings (SSSR count). The molecule has 0 saturated carbocycles. The van der Waals surface area contributed by atoms with Crippen LogP contribution in [-0.2, 0) is 25.0 Å². The van der Waals surface area contributed by atoms with Crippen molar-refractivity contribution in [1.82, 2.24) is 30.0 Å². The molecule has 0 amide bonds. The minimum atomic E-state index is -4.62. The summed E-state index contributed by atoms with van der Waals surface area (Å²) in [6.07, 6.45) is -9.02. The fourth-order valence-electron chi connectivity index (χ4n) is 3.76. The number of aromatic nitrogens is 6. The Morgan fingerprint density at radius 2 is 1.17 bits per heavy atom. The first-order valence-corrected chi connectivity index (χ1v) is 14.6. The van der Waals surface area contributed by atoms with Crippen molar-refractivity contribution in [2.45, 2.75) is 66.2 Å². The van der Waals surface area contributed by atoms with E-state index in [0.717, 1.165) is 34.7 Å². The van der Waals surface area contributed by atoms with Gasteiger partial charge in [0, 0.05) is 18.7 Å². The van der Waals surface area contributed by atoms with Gasteiger partial charge in [0.2, 0.25) is 0 Å². The number of carbonyl (C=O) groups excluding carboxylic acids is 2. The number of alkyl halides is 6. The van der Waals surface area contributed by atoms with Gasteiger partial charge in [-0.2, -0.15) is 32.1 Å². The van der Waals surface area contributed by atoms with E-state index in [-0.39, 0.29) is 71.3 Å². The van der Waals surface area contributed by atoms with Gasteiger partial charge in [-0.1, -0.05) is 31.7 Å². The summed E-state index contributed by atoms with van der Waals surface area (Å²) in [5.74, 6) is -0.244. The Balaban J connectivity index is 0.000000802. The zero-order valence-electron chi connectivity index (χ0n) is 25.8. The molecule has 4 aromatic rings. The van der Waals surface area contributed by atoms with E-state index in [1.165, 1.54) is 43.3 Å². The summed E-state index contributed by atoms with van der Waals surface area (Å²) >= 11 is 5.67. The first-order valence-electron chi connectivity index (χ1n) is 13.0. The molecule has 0 aliphatic rings. The van der Waals surface area contributed by atoms with Crippen molar-refractivity contribution in [3.8, 4) is 11.4 Å². The molecule has 0 atom stereocenters. The number of carbonyl (C=O) groups is 2. The van der Waals surface area contributed by atoms with E-state index >= 15 is 0 Å². The standard InChI is InChI=1S/C14H14F3N3OS.C12H9F4N3O.C2H6S.CH4.Na/c1-4-22-12-7-10(14(15,16)17)5-6-11(12)20-8(2)13(9(3)21)18-19-20;1-6-11(7(2)20)17-18-19(6)10-4-3-8(5-9(10)13)12(14,15)16;1-2-3;;/h5-7H,4H2,1-3H3;3-5H,1-2H3;3H,2H2,1H3;1H4;/q;;;;+1/p-1. The smallest absolute Gasteiger partial charge is 0.793 e. The van der Waals surface area contributed by atoms with Gasteiger partial charge in [0.25, 0.3) is 0 Å². The van der Waals surface area contributed by atoms with Gasteiger partial charge in [0.1, 0.15) is 11.5 Å². The number of halogens is 7. The third-order valence-electron chi connectivity index (χ3n) is 5.77. The van der Waals surface area contributed by atoms with Gasteiger partial charge in [-0.3, -0.25) is 9.59 Å². The van der Waals surface area contributed by atoms with Crippen LogP contribution in [0, 0.1) is 19.7 Å². The number of nitrogens with zero attached hydrogens (tertiary/aromatic N) is 6. The van der Waals surface area contributed by atoms with Gasteiger partial charge in [-0.05, 0) is 56.0 Å². The van der Waals surface area contributed by atoms with Crippen molar-refractivity contribution in [3.63, 3.8) is 0 Å². The third-order valence-corrected chi connectivity index (χ3v) is 6.70. The summed E-state index contributed by atoms with van der Waals surface area (Å²) in [6.45, 7) is 9.57. The normalized spacial score (nSPS) is 10.9. The van der Waals surface area contributed by atoms with Crippen LogP contribution in [0.1, 0.15) is 78.6 Å². The van der Waals surface area contributed by atoms with E-state index in [2.05, 4.69) is 33.3 Å². The van der Waals surface area contributed by atoms with Crippen molar-refractivity contribution in [2.24, 2.45) is 0 Å². The van der Waals surface area contributed by atoms with Gasteiger partial charge in [-0.25, -0.2) is 13.8 Å². The number of rotatable bonds is 6. The summed E-state index contributed by atoms with van der Waals surface area (Å²) in [5, 5.41) is 14.9. The molecule has 47 heavy (non-hydrogen) atoms. The van der Waals surface area contributed by atoms with Gasteiger partial charge >= 0.3 is 41.9 Å².